The Labute approximate surface area is 98.0 Å². The fourth-order valence-electron chi connectivity index (χ4n) is 0.672. The second-order valence-corrected chi connectivity index (χ2v) is 3.10. The summed E-state index contributed by atoms with van der Waals surface area (Å²) in [4.78, 5) is 21.3. The van der Waals surface area contributed by atoms with E-state index in [4.69, 9.17) is 14.2 Å². The molecule has 0 saturated heterocycles. The van der Waals surface area contributed by atoms with Crippen molar-refractivity contribution in [3.63, 3.8) is 0 Å². The van der Waals surface area contributed by atoms with Crippen molar-refractivity contribution < 1.29 is 23.8 Å². The second-order valence-electron chi connectivity index (χ2n) is 2.54. The topological polar surface area (TPSA) is 61.8 Å². The average Bonchev–Trinajstić information content (AvgIpc) is 2.26. The van der Waals surface area contributed by atoms with E-state index in [0.29, 0.717) is 19.5 Å². The molecule has 0 aliphatic heterocycles. The smallest absolute Gasteiger partial charge is 0.316 e. The lowest BCUT2D eigenvalue weighted by molar-refractivity contribution is -0.143. The van der Waals surface area contributed by atoms with Gasteiger partial charge in [-0.25, -0.2) is 0 Å². The Morgan fingerprint density at radius 2 is 1.53 bits per heavy atom. The molecule has 0 fully saturated rings. The van der Waals surface area contributed by atoms with Crippen LogP contribution in [0.1, 0.15) is 0 Å². The Bertz CT molecular complexity index is 179. The number of hydrogen-bond donors (Lipinski definition) is 0. The van der Waals surface area contributed by atoms with E-state index < -0.39 is 0 Å². The molecule has 0 aliphatic carbocycles. The molecule has 0 bridgehead atoms. The molecule has 86 valence electrons. The molecule has 0 spiro atoms. The number of hydrogen-bond acceptors (Lipinski definition) is 5. The van der Waals surface area contributed by atoms with Crippen LogP contribution in [0.25, 0.3) is 0 Å². The van der Waals surface area contributed by atoms with Crippen LogP contribution in [0.2, 0.25) is 6.32 Å². The van der Waals surface area contributed by atoms with Crippen molar-refractivity contribution in [1.82, 2.24) is 0 Å². The van der Waals surface area contributed by atoms with Gasteiger partial charge in [0.1, 0.15) is 26.4 Å². The number of carbonyl (C=O) groups is 2. The molecule has 0 rings (SSSR count). The normalized spacial score (nSPS) is 9.67. The van der Waals surface area contributed by atoms with Crippen molar-refractivity contribution in [1.29, 1.82) is 0 Å². The van der Waals surface area contributed by atoms with Gasteiger partial charge in [-0.3, -0.25) is 9.59 Å². The quantitative estimate of drug-likeness (QED) is 0.261. The molecule has 0 atom stereocenters. The van der Waals surface area contributed by atoms with Gasteiger partial charge in [0.15, 0.2) is 0 Å². The van der Waals surface area contributed by atoms with Crippen LogP contribution in [-0.4, -0.2) is 51.5 Å². The van der Waals surface area contributed by atoms with Crippen LogP contribution in [0, 0.1) is 0 Å². The number of ether oxygens (including phenoxy) is 3. The van der Waals surface area contributed by atoms with Gasteiger partial charge in [-0.1, -0.05) is 15.9 Å². The van der Waals surface area contributed by atoms with Gasteiger partial charge >= 0.3 is 5.97 Å². The van der Waals surface area contributed by atoms with Crippen molar-refractivity contribution in [3.05, 3.63) is 0 Å². The highest BCUT2D eigenvalue weighted by Crippen LogP contribution is 1.87. The van der Waals surface area contributed by atoms with E-state index in [0.717, 1.165) is 0 Å². The fraction of sp³-hybridized carbons (Fsp3) is 0.750. The molecule has 0 unspecified atom stereocenters. The summed E-state index contributed by atoms with van der Waals surface area (Å²) in [5.74, 6) is -0.569. The number of esters is 2. The number of halogens is 1. The Hall–Kier alpha value is -0.555. The van der Waals surface area contributed by atoms with Crippen molar-refractivity contribution in [3.8, 4) is 0 Å². The zero-order chi connectivity index (χ0) is 11.5. The fourth-order valence-corrected chi connectivity index (χ4v) is 0.833. The van der Waals surface area contributed by atoms with Crippen molar-refractivity contribution in [2.45, 2.75) is 6.32 Å². The summed E-state index contributed by atoms with van der Waals surface area (Å²) in [6.45, 7) is 1.07. The molecule has 0 aromatic rings. The van der Waals surface area contributed by atoms with Crippen LogP contribution in [0.4, 0.5) is 0 Å². The highest BCUT2D eigenvalue weighted by atomic mass is 79.9. The van der Waals surface area contributed by atoms with Gasteiger partial charge in [0, 0.05) is 6.32 Å². The first-order valence-electron chi connectivity index (χ1n) is 4.65. The third-order valence-corrected chi connectivity index (χ3v) is 1.84. The van der Waals surface area contributed by atoms with Crippen molar-refractivity contribution >= 4 is 35.7 Å². The summed E-state index contributed by atoms with van der Waals surface area (Å²) >= 11 is 2.96. The number of carbonyl (C=O) groups excluding carboxylic acids is 2. The standard InChI is InChI=1S/C8H14BBrO5/c9-5-7(11)14-3-1-13-2-4-15-8(12)6-10/h1-6,9H2. The molecule has 0 radical (unpaired) electrons. The molecule has 0 aromatic carbocycles. The van der Waals surface area contributed by atoms with Gasteiger partial charge < -0.3 is 14.2 Å². The summed E-state index contributed by atoms with van der Waals surface area (Å²) in [5.41, 5.74) is 0. The minimum absolute atomic E-state index is 0.182. The Morgan fingerprint density at radius 1 is 1.00 bits per heavy atom. The Balaban J connectivity index is 3.11. The third kappa shape index (κ3) is 9.74. The molecule has 0 amide bonds. The van der Waals surface area contributed by atoms with Crippen LogP contribution in [0.5, 0.6) is 0 Å². The summed E-state index contributed by atoms with van der Waals surface area (Å²) in [5, 5.41) is 0.182. The zero-order valence-corrected chi connectivity index (χ0v) is 10.2. The summed E-state index contributed by atoms with van der Waals surface area (Å²) in [6.07, 6.45) is 0.364. The number of alkyl halides is 1. The van der Waals surface area contributed by atoms with Crippen molar-refractivity contribution in [2.24, 2.45) is 0 Å². The minimum Gasteiger partial charge on any atom is -0.464 e. The van der Waals surface area contributed by atoms with Crippen LogP contribution in [0.3, 0.4) is 0 Å². The highest BCUT2D eigenvalue weighted by molar-refractivity contribution is 9.09. The van der Waals surface area contributed by atoms with Crippen LogP contribution >= 0.6 is 15.9 Å². The first-order valence-corrected chi connectivity index (χ1v) is 5.77. The molecule has 5 nitrogen and oxygen atoms in total. The van der Waals surface area contributed by atoms with Crippen LogP contribution in [-0.2, 0) is 23.8 Å². The predicted molar refractivity (Wildman–Crippen MR) is 59.9 cm³/mol. The minimum atomic E-state index is -0.323. The first kappa shape index (κ1) is 14.4. The van der Waals surface area contributed by atoms with E-state index in [1.54, 1.807) is 7.85 Å². The SMILES string of the molecule is BCC(=O)OCCOCCOC(=O)CBr. The van der Waals surface area contributed by atoms with E-state index in [2.05, 4.69) is 15.9 Å². The van der Waals surface area contributed by atoms with E-state index in [-0.39, 0.29) is 30.5 Å². The average molecular weight is 281 g/mol. The van der Waals surface area contributed by atoms with Crippen molar-refractivity contribution in [2.75, 3.05) is 31.8 Å². The largest absolute Gasteiger partial charge is 0.464 e. The summed E-state index contributed by atoms with van der Waals surface area (Å²) in [7, 11) is 1.73. The molecule has 0 aromatic heterocycles. The molecular formula is C8H14BBrO5. The molecular weight excluding hydrogens is 267 g/mol. The molecule has 0 aliphatic rings. The van der Waals surface area contributed by atoms with E-state index >= 15 is 0 Å². The van der Waals surface area contributed by atoms with E-state index in [1.807, 2.05) is 0 Å². The Morgan fingerprint density at radius 3 is 2.00 bits per heavy atom. The van der Waals surface area contributed by atoms with Gasteiger partial charge in [-0.15, -0.1) is 0 Å². The molecule has 0 heterocycles. The Kier molecular flexibility index (Phi) is 9.61. The molecule has 7 heteroatoms. The maximum Gasteiger partial charge on any atom is 0.316 e. The maximum atomic E-state index is 10.7. The van der Waals surface area contributed by atoms with Gasteiger partial charge in [-0.2, -0.15) is 0 Å². The van der Waals surface area contributed by atoms with Gasteiger partial charge in [0.25, 0.3) is 5.97 Å². The third-order valence-electron chi connectivity index (χ3n) is 1.38. The van der Waals surface area contributed by atoms with Gasteiger partial charge in [0.2, 0.25) is 0 Å². The van der Waals surface area contributed by atoms with E-state index in [9.17, 15) is 9.59 Å². The maximum absolute atomic E-state index is 10.7. The second kappa shape index (κ2) is 9.98. The summed E-state index contributed by atoms with van der Waals surface area (Å²) in [6, 6.07) is 0. The summed E-state index contributed by atoms with van der Waals surface area (Å²) < 4.78 is 14.5. The molecule has 15 heavy (non-hydrogen) atoms. The molecule has 0 saturated carbocycles. The lowest BCUT2D eigenvalue weighted by Gasteiger charge is -2.05. The van der Waals surface area contributed by atoms with E-state index in [1.165, 1.54) is 0 Å². The first-order chi connectivity index (χ1) is 7.20. The van der Waals surface area contributed by atoms with Gasteiger partial charge in [-0.05, 0) is 0 Å². The monoisotopic (exact) mass is 280 g/mol. The van der Waals surface area contributed by atoms with Crippen LogP contribution in [0.15, 0.2) is 0 Å². The number of rotatable bonds is 8. The van der Waals surface area contributed by atoms with Gasteiger partial charge in [0.05, 0.1) is 13.2 Å². The lowest BCUT2D eigenvalue weighted by Crippen LogP contribution is -2.14. The molecule has 0 N–H and O–H groups in total. The van der Waals surface area contributed by atoms with Crippen LogP contribution < -0.4 is 0 Å². The highest BCUT2D eigenvalue weighted by Gasteiger charge is 1.99. The lowest BCUT2D eigenvalue weighted by atomic mass is 10.1. The predicted octanol–water partition coefficient (Wildman–Crippen LogP) is -0.464. The zero-order valence-electron chi connectivity index (χ0n) is 8.66.